The molecule has 15 heavy (non-hydrogen) atoms. The van der Waals surface area contributed by atoms with Crippen LogP contribution in [0.4, 0.5) is 0 Å². The molecule has 3 rings (SSSR count). The molecule has 0 bridgehead atoms. The molecule has 0 aliphatic rings. The second-order valence-electron chi connectivity index (χ2n) is 3.11. The van der Waals surface area contributed by atoms with Crippen LogP contribution in [0, 0.1) is 5.21 Å². The van der Waals surface area contributed by atoms with E-state index in [9.17, 15) is 10.0 Å². The van der Waals surface area contributed by atoms with E-state index in [1.807, 2.05) is 0 Å². The highest BCUT2D eigenvalue weighted by molar-refractivity contribution is 5.99. The van der Waals surface area contributed by atoms with E-state index in [-0.39, 0.29) is 5.65 Å². The van der Waals surface area contributed by atoms with Gasteiger partial charge < -0.3 is 9.73 Å². The minimum Gasteiger partial charge on any atom is -0.594 e. The number of para-hydroxylation sites is 1. The first kappa shape index (κ1) is 7.98. The Labute approximate surface area is 82.3 Å². The van der Waals surface area contributed by atoms with Crippen LogP contribution in [0.3, 0.4) is 0 Å². The lowest BCUT2D eigenvalue weighted by Crippen LogP contribution is -2.32. The van der Waals surface area contributed by atoms with E-state index < -0.39 is 5.63 Å². The fourth-order valence-corrected chi connectivity index (χ4v) is 1.60. The first-order valence-corrected chi connectivity index (χ1v) is 4.27. The second-order valence-corrected chi connectivity index (χ2v) is 3.11. The SMILES string of the molecule is O=c1o[nH]c2n[n+]([O-])c3ccccc3c12. The smallest absolute Gasteiger partial charge is 0.367 e. The quantitative estimate of drug-likeness (QED) is 0.420. The van der Waals surface area contributed by atoms with Gasteiger partial charge in [-0.05, 0) is 10.9 Å². The van der Waals surface area contributed by atoms with Crippen LogP contribution in [0.1, 0.15) is 0 Å². The maximum Gasteiger partial charge on any atom is 0.367 e. The van der Waals surface area contributed by atoms with Gasteiger partial charge in [0, 0.05) is 11.2 Å². The number of nitrogens with one attached hydrogen (secondary N) is 1. The first-order chi connectivity index (χ1) is 7.27. The number of aromatic amines is 1. The van der Waals surface area contributed by atoms with Gasteiger partial charge in [-0.15, -0.1) is 0 Å². The fourth-order valence-electron chi connectivity index (χ4n) is 1.60. The number of rotatable bonds is 0. The van der Waals surface area contributed by atoms with Gasteiger partial charge in [0.25, 0.3) is 5.52 Å². The number of aromatic nitrogens is 3. The third-order valence-electron chi connectivity index (χ3n) is 2.25. The molecule has 0 saturated carbocycles. The summed E-state index contributed by atoms with van der Waals surface area (Å²) in [6.07, 6.45) is 0. The summed E-state index contributed by atoms with van der Waals surface area (Å²) >= 11 is 0. The summed E-state index contributed by atoms with van der Waals surface area (Å²) in [5, 5.41) is 18.2. The van der Waals surface area contributed by atoms with Crippen molar-refractivity contribution in [1.29, 1.82) is 0 Å². The van der Waals surface area contributed by atoms with Crippen molar-refractivity contribution >= 4 is 21.9 Å². The molecule has 0 spiro atoms. The van der Waals surface area contributed by atoms with Gasteiger partial charge in [-0.2, -0.15) is 5.16 Å². The second kappa shape index (κ2) is 2.57. The fraction of sp³-hybridized carbons (Fsp3) is 0. The largest absolute Gasteiger partial charge is 0.594 e. The molecule has 2 heterocycles. The van der Waals surface area contributed by atoms with Gasteiger partial charge in [0.1, 0.15) is 5.39 Å². The molecule has 6 heteroatoms. The van der Waals surface area contributed by atoms with Crippen LogP contribution in [0.2, 0.25) is 0 Å². The molecule has 2 aromatic heterocycles. The van der Waals surface area contributed by atoms with E-state index >= 15 is 0 Å². The zero-order valence-corrected chi connectivity index (χ0v) is 7.43. The number of nitrogens with zero attached hydrogens (tertiary/aromatic N) is 2. The Bertz CT molecular complexity index is 713. The van der Waals surface area contributed by atoms with E-state index in [0.29, 0.717) is 21.1 Å². The summed E-state index contributed by atoms with van der Waals surface area (Å²) in [5.74, 6) is 0. The van der Waals surface area contributed by atoms with Crippen molar-refractivity contribution in [3.05, 3.63) is 39.9 Å². The van der Waals surface area contributed by atoms with Gasteiger partial charge in [-0.25, -0.2) is 4.79 Å². The lowest BCUT2D eigenvalue weighted by Gasteiger charge is -1.97. The number of H-pyrrole nitrogens is 1. The highest BCUT2D eigenvalue weighted by Crippen LogP contribution is 2.15. The lowest BCUT2D eigenvalue weighted by atomic mass is 10.2. The molecule has 0 amide bonds. The summed E-state index contributed by atoms with van der Waals surface area (Å²) in [6, 6.07) is 6.73. The molecule has 3 aromatic rings. The van der Waals surface area contributed by atoms with E-state index in [1.54, 1.807) is 24.3 Å². The Morgan fingerprint density at radius 2 is 2.20 bits per heavy atom. The van der Waals surface area contributed by atoms with E-state index in [2.05, 4.69) is 14.8 Å². The van der Waals surface area contributed by atoms with Crippen molar-refractivity contribution in [3.63, 3.8) is 0 Å². The van der Waals surface area contributed by atoms with E-state index in [1.165, 1.54) is 0 Å². The predicted molar refractivity (Wildman–Crippen MR) is 51.1 cm³/mol. The van der Waals surface area contributed by atoms with Gasteiger partial charge in [-0.3, -0.25) is 0 Å². The topological polar surface area (TPSA) is 85.8 Å². The number of benzene rings is 1. The Kier molecular flexibility index (Phi) is 1.37. The molecule has 0 aliphatic heterocycles. The summed E-state index contributed by atoms with van der Waals surface area (Å²) in [4.78, 5) is 11.8. The van der Waals surface area contributed by atoms with Crippen LogP contribution in [0.25, 0.3) is 21.9 Å². The maximum atomic E-state index is 11.4. The Hall–Kier alpha value is -2.37. The maximum absolute atomic E-state index is 11.4. The van der Waals surface area contributed by atoms with E-state index in [0.717, 1.165) is 0 Å². The van der Waals surface area contributed by atoms with Crippen LogP contribution in [-0.4, -0.2) is 10.3 Å². The molecule has 0 atom stereocenters. The molecule has 0 aliphatic carbocycles. The van der Waals surface area contributed by atoms with Crippen LogP contribution in [0.15, 0.2) is 33.6 Å². The number of hydrogen-bond acceptors (Lipinski definition) is 4. The van der Waals surface area contributed by atoms with Gasteiger partial charge in [0.05, 0.1) is 5.39 Å². The average Bonchev–Trinajstić information content (AvgIpc) is 2.61. The Morgan fingerprint density at radius 1 is 1.40 bits per heavy atom. The summed E-state index contributed by atoms with van der Waals surface area (Å²) in [6.45, 7) is 0. The van der Waals surface area contributed by atoms with Crippen molar-refractivity contribution < 1.29 is 9.37 Å². The van der Waals surface area contributed by atoms with Crippen molar-refractivity contribution in [2.24, 2.45) is 0 Å². The highest BCUT2D eigenvalue weighted by Gasteiger charge is 2.15. The zero-order chi connectivity index (χ0) is 10.4. The van der Waals surface area contributed by atoms with Crippen molar-refractivity contribution in [3.8, 4) is 0 Å². The van der Waals surface area contributed by atoms with Crippen molar-refractivity contribution in [2.75, 3.05) is 0 Å². The monoisotopic (exact) mass is 203 g/mol. The normalized spacial score (nSPS) is 11.2. The van der Waals surface area contributed by atoms with Crippen LogP contribution < -0.4 is 10.5 Å². The molecule has 74 valence electrons. The van der Waals surface area contributed by atoms with Crippen molar-refractivity contribution in [2.45, 2.75) is 0 Å². The molecule has 0 radical (unpaired) electrons. The third kappa shape index (κ3) is 0.954. The van der Waals surface area contributed by atoms with Crippen LogP contribution in [-0.2, 0) is 0 Å². The lowest BCUT2D eigenvalue weighted by molar-refractivity contribution is -0.640. The Balaban J connectivity index is 2.74. The molecular formula is C9H5N3O3. The first-order valence-electron chi connectivity index (χ1n) is 4.27. The molecule has 0 fully saturated rings. The summed E-state index contributed by atoms with van der Waals surface area (Å²) in [7, 11) is 0. The highest BCUT2D eigenvalue weighted by atomic mass is 16.5. The third-order valence-corrected chi connectivity index (χ3v) is 2.25. The zero-order valence-electron chi connectivity index (χ0n) is 7.43. The predicted octanol–water partition coefficient (Wildman–Crippen LogP) is 0.303. The number of fused-ring (bicyclic) bond motifs is 3. The molecule has 0 unspecified atom stereocenters. The van der Waals surface area contributed by atoms with Crippen LogP contribution >= 0.6 is 0 Å². The van der Waals surface area contributed by atoms with Crippen molar-refractivity contribution in [1.82, 2.24) is 10.3 Å². The molecular weight excluding hydrogens is 198 g/mol. The van der Waals surface area contributed by atoms with Gasteiger partial charge in [0.15, 0.2) is 0 Å². The van der Waals surface area contributed by atoms with Crippen LogP contribution in [0.5, 0.6) is 0 Å². The van der Waals surface area contributed by atoms with Gasteiger partial charge >= 0.3 is 5.63 Å². The molecule has 6 nitrogen and oxygen atoms in total. The van der Waals surface area contributed by atoms with Gasteiger partial charge in [0.2, 0.25) is 5.65 Å². The molecule has 1 N–H and O–H groups in total. The Morgan fingerprint density at radius 3 is 3.07 bits per heavy atom. The van der Waals surface area contributed by atoms with E-state index in [4.69, 9.17) is 0 Å². The summed E-state index contributed by atoms with van der Waals surface area (Å²) < 4.78 is 4.58. The number of hydrogen-bond donors (Lipinski definition) is 1. The van der Waals surface area contributed by atoms with Gasteiger partial charge in [-0.1, -0.05) is 12.1 Å². The molecule has 1 aromatic carbocycles. The molecule has 0 saturated heterocycles. The minimum absolute atomic E-state index is 0.161. The average molecular weight is 203 g/mol. The standard InChI is InChI=1S/C9H5N3O3/c13-9-7-5-3-1-2-4-6(5)12(14)10-8(7)11-15-9/h1-4H,(H,10,11). The summed E-state index contributed by atoms with van der Waals surface area (Å²) in [5.41, 5.74) is -0.0140. The minimum atomic E-state index is -0.519.